The molecule has 0 aliphatic carbocycles. The highest BCUT2D eigenvalue weighted by molar-refractivity contribution is 7.91. The number of sulfone groups is 1. The lowest BCUT2D eigenvalue weighted by Gasteiger charge is -2.27. The van der Waals surface area contributed by atoms with E-state index in [1.807, 2.05) is 44.2 Å². The Kier molecular flexibility index (Phi) is 11.8. The SMILES string of the molecule is CC(C)(C)OC(=O)N[C@H]1CS(=O)(=O)c2cc(F)c(-c3nnc(C(C)(C)CCCNC(=O)OCc4ccccc4)o3)cc2N(Cc2ccc(Cl)cc2)C1=O. The molecular formula is C37H41ClFN5O8S. The number of carbonyl (C=O) groups is 3. The van der Waals surface area contributed by atoms with Crippen LogP contribution in [0.25, 0.3) is 11.5 Å². The van der Waals surface area contributed by atoms with Crippen molar-refractivity contribution < 1.29 is 41.1 Å². The number of nitrogens with zero attached hydrogens (tertiary/aromatic N) is 3. The van der Waals surface area contributed by atoms with Crippen molar-refractivity contribution in [2.45, 2.75) is 82.6 Å². The number of rotatable bonds is 11. The molecule has 1 atom stereocenters. The van der Waals surface area contributed by atoms with Gasteiger partial charge in [0.25, 0.3) is 11.8 Å². The van der Waals surface area contributed by atoms with E-state index in [1.165, 1.54) is 6.07 Å². The van der Waals surface area contributed by atoms with E-state index >= 15 is 4.39 Å². The van der Waals surface area contributed by atoms with Gasteiger partial charge in [0.2, 0.25) is 5.89 Å². The predicted molar refractivity (Wildman–Crippen MR) is 194 cm³/mol. The van der Waals surface area contributed by atoms with Crippen molar-refractivity contribution in [3.8, 4) is 11.5 Å². The van der Waals surface area contributed by atoms with Crippen LogP contribution in [-0.4, -0.2) is 60.6 Å². The Hall–Kier alpha value is -5.02. The van der Waals surface area contributed by atoms with Crippen LogP contribution in [0.2, 0.25) is 5.02 Å². The third-order valence-electron chi connectivity index (χ3n) is 8.26. The van der Waals surface area contributed by atoms with E-state index in [0.717, 1.165) is 16.5 Å². The summed E-state index contributed by atoms with van der Waals surface area (Å²) < 4.78 is 59.8. The molecule has 2 N–H and O–H groups in total. The molecule has 3 aromatic carbocycles. The summed E-state index contributed by atoms with van der Waals surface area (Å²) in [5.41, 5.74) is -0.558. The maximum Gasteiger partial charge on any atom is 0.408 e. The van der Waals surface area contributed by atoms with Crippen LogP contribution in [0.1, 0.15) is 64.5 Å². The molecule has 1 aromatic heterocycles. The number of benzene rings is 3. The van der Waals surface area contributed by atoms with E-state index in [4.69, 9.17) is 25.5 Å². The summed E-state index contributed by atoms with van der Waals surface area (Å²) in [6.45, 7) is 8.88. The summed E-state index contributed by atoms with van der Waals surface area (Å²) in [5, 5.41) is 13.8. The lowest BCUT2D eigenvalue weighted by Crippen LogP contribution is -2.51. The van der Waals surface area contributed by atoms with Crippen molar-refractivity contribution in [3.05, 3.63) is 94.6 Å². The number of hydrogen-bond acceptors (Lipinski definition) is 10. The number of halogens is 2. The van der Waals surface area contributed by atoms with Gasteiger partial charge in [-0.25, -0.2) is 22.4 Å². The molecule has 0 spiro atoms. The van der Waals surface area contributed by atoms with Gasteiger partial charge in [0, 0.05) is 17.0 Å². The third kappa shape index (κ3) is 10.1. The number of ether oxygens (including phenoxy) is 2. The number of alkyl carbamates (subject to hydrolysis) is 2. The minimum Gasteiger partial charge on any atom is -0.445 e. The molecule has 0 saturated carbocycles. The average molecular weight is 770 g/mol. The highest BCUT2D eigenvalue weighted by Crippen LogP contribution is 2.38. The zero-order valence-corrected chi connectivity index (χ0v) is 31.5. The van der Waals surface area contributed by atoms with Crippen LogP contribution in [0.5, 0.6) is 0 Å². The quantitative estimate of drug-likeness (QED) is 0.156. The number of carbonyl (C=O) groups excluding carboxylic acids is 3. The Morgan fingerprint density at radius 2 is 1.70 bits per heavy atom. The Bertz CT molecular complexity index is 2070. The van der Waals surface area contributed by atoms with Gasteiger partial charge in [-0.2, -0.15) is 0 Å². The number of anilines is 1. The van der Waals surface area contributed by atoms with Crippen LogP contribution >= 0.6 is 11.6 Å². The summed E-state index contributed by atoms with van der Waals surface area (Å²) in [6, 6.07) is 16.3. The summed E-state index contributed by atoms with van der Waals surface area (Å²) in [6.07, 6.45) is -0.525. The Labute approximate surface area is 312 Å². The molecule has 0 bridgehead atoms. The normalized spacial score (nSPS) is 15.6. The summed E-state index contributed by atoms with van der Waals surface area (Å²) >= 11 is 6.07. The molecule has 2 heterocycles. The monoisotopic (exact) mass is 769 g/mol. The number of fused-ring (bicyclic) bond motifs is 1. The van der Waals surface area contributed by atoms with Crippen molar-refractivity contribution in [2.24, 2.45) is 0 Å². The lowest BCUT2D eigenvalue weighted by atomic mass is 9.88. The average Bonchev–Trinajstić information content (AvgIpc) is 3.57. The highest BCUT2D eigenvalue weighted by atomic mass is 35.5. The van der Waals surface area contributed by atoms with Crippen LogP contribution in [0.4, 0.5) is 19.7 Å². The largest absolute Gasteiger partial charge is 0.445 e. The second-order valence-electron chi connectivity index (χ2n) is 14.2. The number of nitrogens with one attached hydrogen (secondary N) is 2. The summed E-state index contributed by atoms with van der Waals surface area (Å²) in [5.74, 6) is -2.64. The number of amides is 3. The van der Waals surface area contributed by atoms with Gasteiger partial charge in [0.15, 0.2) is 9.84 Å². The van der Waals surface area contributed by atoms with Crippen molar-refractivity contribution in [2.75, 3.05) is 17.2 Å². The molecule has 1 aliphatic heterocycles. The maximum atomic E-state index is 15.9. The summed E-state index contributed by atoms with van der Waals surface area (Å²) in [4.78, 5) is 39.6. The Morgan fingerprint density at radius 3 is 2.38 bits per heavy atom. The molecule has 0 saturated heterocycles. The Morgan fingerprint density at radius 1 is 1.00 bits per heavy atom. The van der Waals surface area contributed by atoms with Gasteiger partial charge in [-0.15, -0.1) is 10.2 Å². The van der Waals surface area contributed by atoms with Gasteiger partial charge < -0.3 is 29.4 Å². The van der Waals surface area contributed by atoms with E-state index in [2.05, 4.69) is 20.8 Å². The molecule has 3 amide bonds. The molecule has 282 valence electrons. The van der Waals surface area contributed by atoms with Crippen LogP contribution in [0.3, 0.4) is 0 Å². The van der Waals surface area contributed by atoms with E-state index in [-0.39, 0.29) is 36.2 Å². The molecule has 0 radical (unpaired) electrons. The zero-order chi connectivity index (χ0) is 38.6. The first-order chi connectivity index (χ1) is 24.9. The van der Waals surface area contributed by atoms with Crippen molar-refractivity contribution in [1.29, 1.82) is 0 Å². The zero-order valence-electron chi connectivity index (χ0n) is 29.9. The smallest absolute Gasteiger partial charge is 0.408 e. The molecule has 5 rings (SSSR count). The molecule has 16 heteroatoms. The first-order valence-corrected chi connectivity index (χ1v) is 18.9. The minimum absolute atomic E-state index is 0.140. The second kappa shape index (κ2) is 15.9. The van der Waals surface area contributed by atoms with E-state index in [9.17, 15) is 22.8 Å². The van der Waals surface area contributed by atoms with Crippen LogP contribution in [-0.2, 0) is 42.7 Å². The fourth-order valence-corrected chi connectivity index (χ4v) is 7.29. The molecule has 0 unspecified atom stereocenters. The molecule has 53 heavy (non-hydrogen) atoms. The van der Waals surface area contributed by atoms with E-state index < -0.39 is 61.5 Å². The van der Waals surface area contributed by atoms with Gasteiger partial charge in [0.1, 0.15) is 24.1 Å². The fourth-order valence-electron chi connectivity index (χ4n) is 5.55. The van der Waals surface area contributed by atoms with Gasteiger partial charge in [-0.05, 0) is 69.0 Å². The van der Waals surface area contributed by atoms with Gasteiger partial charge >= 0.3 is 12.2 Å². The van der Waals surface area contributed by atoms with Gasteiger partial charge in [-0.3, -0.25) is 4.79 Å². The first kappa shape index (κ1) is 39.2. The molecule has 13 nitrogen and oxygen atoms in total. The van der Waals surface area contributed by atoms with Crippen LogP contribution < -0.4 is 15.5 Å². The molecule has 0 fully saturated rings. The molecular weight excluding hydrogens is 729 g/mol. The van der Waals surface area contributed by atoms with Crippen molar-refractivity contribution in [1.82, 2.24) is 20.8 Å². The predicted octanol–water partition coefficient (Wildman–Crippen LogP) is 6.73. The fraction of sp³-hybridized carbons (Fsp3) is 0.378. The molecule has 1 aliphatic rings. The van der Waals surface area contributed by atoms with Crippen LogP contribution in [0, 0.1) is 5.82 Å². The van der Waals surface area contributed by atoms with Crippen molar-refractivity contribution in [3.63, 3.8) is 0 Å². The summed E-state index contributed by atoms with van der Waals surface area (Å²) in [7, 11) is -4.36. The van der Waals surface area contributed by atoms with Crippen molar-refractivity contribution >= 4 is 45.2 Å². The third-order valence-corrected chi connectivity index (χ3v) is 10.3. The maximum absolute atomic E-state index is 15.9. The molecule has 4 aromatic rings. The lowest BCUT2D eigenvalue weighted by molar-refractivity contribution is -0.120. The topological polar surface area (TPSA) is 170 Å². The second-order valence-corrected chi connectivity index (χ2v) is 16.7. The van der Waals surface area contributed by atoms with Gasteiger partial charge in [-0.1, -0.05) is 67.9 Å². The van der Waals surface area contributed by atoms with E-state index in [1.54, 1.807) is 45.0 Å². The Balaban J connectivity index is 1.38. The number of hydrogen-bond donors (Lipinski definition) is 2. The highest BCUT2D eigenvalue weighted by Gasteiger charge is 2.41. The standard InChI is InChI=1S/C37H41ClFN5O8S/c1-36(2,3)52-35(47)41-28-22-53(48,49)30-19-27(39)26(18-29(30)44(32(28)45)20-23-12-14-25(38)15-13-23)31-42-43-33(51-31)37(4,5)16-9-17-40-34(46)50-21-24-10-7-6-8-11-24/h6-8,10-15,18-19,28H,9,16-17,20-22H2,1-5H3,(H,40,46)(H,41,47)/t28-/m0/s1. The van der Waals surface area contributed by atoms with Gasteiger partial charge in [0.05, 0.1) is 28.4 Å². The first-order valence-electron chi connectivity index (χ1n) is 16.8. The van der Waals surface area contributed by atoms with E-state index in [0.29, 0.717) is 30.0 Å². The number of aromatic nitrogens is 2. The van der Waals surface area contributed by atoms with Crippen LogP contribution in [0.15, 0.2) is 76.0 Å². The minimum atomic E-state index is -4.36.